The summed E-state index contributed by atoms with van der Waals surface area (Å²) in [7, 11) is -1.36. The van der Waals surface area contributed by atoms with E-state index in [1.807, 2.05) is 48.4 Å². The standard InChI is InChI=1S/C27H34FN7O2S/c1-19-14-22(29-26(15-19)34-9-4-20(28)17-34)23-18-35(32-30-23)24-3-2-21(31-38(37)13-12-36)16-25(24)33-10-7-27(5-6-27)8-11-33/h2-3,14-16,18,20,31,36H,4-13,17H2,1H3/t20-,38?/m0/s1. The Bertz CT molecular complexity index is 1330. The molecule has 38 heavy (non-hydrogen) atoms. The Labute approximate surface area is 224 Å². The maximum absolute atomic E-state index is 13.8. The fourth-order valence-corrected chi connectivity index (χ4v) is 6.22. The Balaban J connectivity index is 1.31. The predicted octanol–water partition coefficient (Wildman–Crippen LogP) is 3.63. The number of anilines is 3. The fourth-order valence-electron chi connectivity index (χ4n) is 5.56. The quantitative estimate of drug-likeness (QED) is 0.451. The van der Waals surface area contributed by atoms with Crippen LogP contribution in [-0.4, -0.2) is 74.0 Å². The summed E-state index contributed by atoms with van der Waals surface area (Å²) in [6, 6.07) is 9.82. The van der Waals surface area contributed by atoms with Crippen LogP contribution in [-0.2, 0) is 11.0 Å². The molecule has 0 bridgehead atoms. The highest BCUT2D eigenvalue weighted by molar-refractivity contribution is 7.86. The van der Waals surface area contributed by atoms with Crippen LogP contribution >= 0.6 is 0 Å². The number of aryl methyl sites for hydroxylation is 1. The van der Waals surface area contributed by atoms with Crippen LogP contribution in [0.15, 0.2) is 36.5 Å². The molecule has 1 spiro atoms. The summed E-state index contributed by atoms with van der Waals surface area (Å²) in [4.78, 5) is 9.16. The normalized spacial score (nSPS) is 21.2. The van der Waals surface area contributed by atoms with Crippen LogP contribution in [0.4, 0.5) is 21.6 Å². The van der Waals surface area contributed by atoms with E-state index in [2.05, 4.69) is 19.9 Å². The average Bonchev–Trinajstić information content (AvgIpc) is 3.27. The maximum Gasteiger partial charge on any atom is 0.131 e. The van der Waals surface area contributed by atoms with Crippen molar-refractivity contribution in [3.05, 3.63) is 42.1 Å². The van der Waals surface area contributed by atoms with Crippen molar-refractivity contribution in [2.24, 2.45) is 5.41 Å². The zero-order chi connectivity index (χ0) is 26.3. The minimum absolute atomic E-state index is 0.138. The molecule has 2 aliphatic heterocycles. The number of hydrogen-bond donors (Lipinski definition) is 2. The number of pyridine rings is 1. The van der Waals surface area contributed by atoms with E-state index in [9.17, 15) is 8.60 Å². The first kappa shape index (κ1) is 25.2. The zero-order valence-electron chi connectivity index (χ0n) is 21.6. The summed E-state index contributed by atoms with van der Waals surface area (Å²) >= 11 is 0. The number of hydrogen-bond acceptors (Lipinski definition) is 7. The number of rotatable bonds is 8. The van der Waals surface area contributed by atoms with Gasteiger partial charge in [-0.3, -0.25) is 0 Å². The molecule has 2 saturated heterocycles. The molecule has 9 nitrogen and oxygen atoms in total. The number of aliphatic hydroxyl groups is 1. The van der Waals surface area contributed by atoms with Gasteiger partial charge in [0.2, 0.25) is 0 Å². The highest BCUT2D eigenvalue weighted by Crippen LogP contribution is 2.54. The molecule has 3 fully saturated rings. The lowest BCUT2D eigenvalue weighted by Gasteiger charge is -2.35. The lowest BCUT2D eigenvalue weighted by molar-refractivity contribution is 0.321. The van der Waals surface area contributed by atoms with Crippen molar-refractivity contribution >= 4 is 28.2 Å². The van der Waals surface area contributed by atoms with Crippen LogP contribution in [0.5, 0.6) is 0 Å². The van der Waals surface area contributed by atoms with E-state index in [-0.39, 0.29) is 12.4 Å². The monoisotopic (exact) mass is 539 g/mol. The summed E-state index contributed by atoms with van der Waals surface area (Å²) < 4.78 is 30.8. The zero-order valence-corrected chi connectivity index (χ0v) is 22.5. The number of aromatic nitrogens is 4. The molecule has 2 aromatic heterocycles. The van der Waals surface area contributed by atoms with Crippen molar-refractivity contribution in [2.45, 2.75) is 45.2 Å². The highest BCUT2D eigenvalue weighted by Gasteiger charge is 2.44. The van der Waals surface area contributed by atoms with Gasteiger partial charge in [-0.25, -0.2) is 18.3 Å². The predicted molar refractivity (Wildman–Crippen MR) is 148 cm³/mol. The molecule has 3 aromatic rings. The van der Waals surface area contributed by atoms with Gasteiger partial charge in [0.15, 0.2) is 0 Å². The molecule has 1 aromatic carbocycles. The molecule has 0 radical (unpaired) electrons. The van der Waals surface area contributed by atoms with Gasteiger partial charge in [0, 0.05) is 25.3 Å². The summed E-state index contributed by atoms with van der Waals surface area (Å²) in [6.45, 7) is 4.83. The van der Waals surface area contributed by atoms with Gasteiger partial charge in [-0.2, -0.15) is 0 Å². The Morgan fingerprint density at radius 1 is 1.08 bits per heavy atom. The molecule has 2 atom stereocenters. The minimum atomic E-state index is -1.36. The number of aliphatic hydroxyl groups excluding tert-OH is 1. The number of alkyl halides is 1. The molecule has 11 heteroatoms. The molecule has 1 aliphatic carbocycles. The van der Waals surface area contributed by atoms with E-state index in [0.717, 1.165) is 41.5 Å². The van der Waals surface area contributed by atoms with Gasteiger partial charge in [-0.1, -0.05) is 5.21 Å². The van der Waals surface area contributed by atoms with E-state index >= 15 is 0 Å². The van der Waals surface area contributed by atoms with Crippen LogP contribution in [0.1, 0.15) is 37.7 Å². The lowest BCUT2D eigenvalue weighted by atomic mass is 9.93. The van der Waals surface area contributed by atoms with Gasteiger partial charge in [0.25, 0.3) is 0 Å². The van der Waals surface area contributed by atoms with Gasteiger partial charge in [-0.15, -0.1) is 5.10 Å². The fraction of sp³-hybridized carbons (Fsp3) is 0.519. The Hall–Kier alpha value is -3.05. The van der Waals surface area contributed by atoms with Gasteiger partial charge in [0.05, 0.1) is 42.2 Å². The van der Waals surface area contributed by atoms with Crippen LogP contribution in [0.2, 0.25) is 0 Å². The molecular formula is C27H34FN7O2S. The number of benzene rings is 1. The van der Waals surface area contributed by atoms with Gasteiger partial charge in [-0.05, 0) is 80.3 Å². The second-order valence-corrected chi connectivity index (χ2v) is 12.1. The summed E-state index contributed by atoms with van der Waals surface area (Å²) in [5, 5.41) is 18.0. The van der Waals surface area contributed by atoms with Crippen LogP contribution in [0.25, 0.3) is 17.1 Å². The first-order chi connectivity index (χ1) is 18.4. The molecular weight excluding hydrogens is 505 g/mol. The Kier molecular flexibility index (Phi) is 6.81. The topological polar surface area (TPSA) is 99.4 Å². The number of nitrogens with one attached hydrogen (secondary N) is 1. The minimum Gasteiger partial charge on any atom is -0.395 e. The molecule has 4 heterocycles. The van der Waals surface area contributed by atoms with E-state index in [0.29, 0.717) is 36.3 Å². The van der Waals surface area contributed by atoms with E-state index < -0.39 is 17.2 Å². The van der Waals surface area contributed by atoms with Crippen molar-refractivity contribution in [1.82, 2.24) is 20.0 Å². The van der Waals surface area contributed by atoms with Crippen molar-refractivity contribution < 1.29 is 13.7 Å². The maximum atomic E-state index is 13.8. The second-order valence-electron chi connectivity index (χ2n) is 10.8. The van der Waals surface area contributed by atoms with Crippen molar-refractivity contribution in [1.29, 1.82) is 0 Å². The largest absolute Gasteiger partial charge is 0.395 e. The first-order valence-corrected chi connectivity index (χ1v) is 14.7. The van der Waals surface area contributed by atoms with Crippen LogP contribution in [0.3, 0.4) is 0 Å². The van der Waals surface area contributed by atoms with Gasteiger partial charge >= 0.3 is 0 Å². The van der Waals surface area contributed by atoms with Crippen LogP contribution < -0.4 is 14.5 Å². The molecule has 6 rings (SSSR count). The summed E-state index contributed by atoms with van der Waals surface area (Å²) in [5.41, 5.74) is 5.58. The number of piperidine rings is 1. The summed E-state index contributed by atoms with van der Waals surface area (Å²) in [5.74, 6) is 0.939. The van der Waals surface area contributed by atoms with Crippen molar-refractivity contribution in [3.8, 4) is 17.1 Å². The molecule has 202 valence electrons. The third kappa shape index (κ3) is 5.26. The van der Waals surface area contributed by atoms with Crippen molar-refractivity contribution in [2.75, 3.05) is 53.1 Å². The first-order valence-electron chi connectivity index (χ1n) is 13.4. The molecule has 2 N–H and O–H groups in total. The van der Waals surface area contributed by atoms with E-state index in [1.165, 1.54) is 25.7 Å². The number of halogens is 1. The third-order valence-corrected chi connectivity index (χ3v) is 9.04. The SMILES string of the molecule is Cc1cc(-c2cn(-c3ccc(NS(=O)CCO)cc3N3CCC4(CC3)CC4)nn2)nc(N2CC[C@H](F)C2)c1. The summed E-state index contributed by atoms with van der Waals surface area (Å²) in [6.07, 6.45) is 6.61. The van der Waals surface area contributed by atoms with Gasteiger partial charge in [0.1, 0.15) is 28.7 Å². The lowest BCUT2D eigenvalue weighted by Crippen LogP contribution is -2.35. The Morgan fingerprint density at radius 3 is 2.61 bits per heavy atom. The molecule has 0 amide bonds. The van der Waals surface area contributed by atoms with Crippen molar-refractivity contribution in [3.63, 3.8) is 0 Å². The number of nitrogens with zero attached hydrogens (tertiary/aromatic N) is 6. The molecule has 1 unspecified atom stereocenters. The third-order valence-electron chi connectivity index (χ3n) is 8.02. The second kappa shape index (κ2) is 10.3. The molecule has 1 saturated carbocycles. The van der Waals surface area contributed by atoms with Gasteiger partial charge < -0.3 is 19.6 Å². The van der Waals surface area contributed by atoms with E-state index in [4.69, 9.17) is 10.1 Å². The highest BCUT2D eigenvalue weighted by atomic mass is 32.2. The smallest absolute Gasteiger partial charge is 0.131 e. The average molecular weight is 540 g/mol. The van der Waals surface area contributed by atoms with Crippen LogP contribution in [0, 0.1) is 12.3 Å². The Morgan fingerprint density at radius 2 is 1.89 bits per heavy atom. The van der Waals surface area contributed by atoms with E-state index in [1.54, 1.807) is 4.68 Å². The molecule has 3 aliphatic rings.